The van der Waals surface area contributed by atoms with Gasteiger partial charge in [0.25, 0.3) is 0 Å². The predicted octanol–water partition coefficient (Wildman–Crippen LogP) is 3.74. The summed E-state index contributed by atoms with van der Waals surface area (Å²) in [6, 6.07) is 6.64. The zero-order chi connectivity index (χ0) is 15.7. The lowest BCUT2D eigenvalue weighted by Crippen LogP contribution is -2.11. The van der Waals surface area contributed by atoms with Gasteiger partial charge in [-0.05, 0) is 40.8 Å². The van der Waals surface area contributed by atoms with Crippen LogP contribution in [0.25, 0.3) is 20.8 Å². The highest BCUT2D eigenvalue weighted by Crippen LogP contribution is 2.37. The summed E-state index contributed by atoms with van der Waals surface area (Å²) in [5.74, 6) is 0.118. The second-order valence-corrected chi connectivity index (χ2v) is 6.44. The lowest BCUT2D eigenvalue weighted by atomic mass is 10.2. The molecule has 0 aliphatic heterocycles. The first kappa shape index (κ1) is 15.0. The fraction of sp³-hybridized carbons (Fsp3) is 0. The minimum absolute atomic E-state index is 0.0513. The van der Waals surface area contributed by atoms with Crippen LogP contribution in [0.15, 0.2) is 35.5 Å². The van der Waals surface area contributed by atoms with Crippen LogP contribution in [-0.2, 0) is 0 Å². The standard InChI is InChI=1S/C14H9FIN5S/c15-7-2-1-3-8(16)11(7)14-20-9-4-5-19-13(12(9)22-14)21-10(18)6-17/h1-6,17H,(H2,18,19,21). The molecule has 0 fully saturated rings. The third kappa shape index (κ3) is 2.71. The van der Waals surface area contributed by atoms with E-state index in [2.05, 4.69) is 37.6 Å². The van der Waals surface area contributed by atoms with E-state index in [-0.39, 0.29) is 11.7 Å². The minimum Gasteiger partial charge on any atom is -0.382 e. The summed E-state index contributed by atoms with van der Waals surface area (Å²) in [7, 11) is 0. The number of nitrogens with two attached hydrogens (primary N) is 1. The molecule has 3 aromatic rings. The number of aliphatic imine (C=N–C) groups is 1. The molecule has 0 atom stereocenters. The zero-order valence-electron chi connectivity index (χ0n) is 11.0. The van der Waals surface area contributed by atoms with Gasteiger partial charge in [0, 0.05) is 9.77 Å². The first-order valence-corrected chi connectivity index (χ1v) is 8.04. The summed E-state index contributed by atoms with van der Waals surface area (Å²) in [6.45, 7) is 0. The van der Waals surface area contributed by atoms with Gasteiger partial charge in [0.15, 0.2) is 5.82 Å². The molecule has 5 nitrogen and oxygen atoms in total. The maximum absolute atomic E-state index is 14.1. The Morgan fingerprint density at radius 1 is 1.41 bits per heavy atom. The van der Waals surface area contributed by atoms with Crippen LogP contribution in [0.4, 0.5) is 10.2 Å². The number of hydrogen-bond acceptors (Lipinski definition) is 5. The lowest BCUT2D eigenvalue weighted by molar-refractivity contribution is 0.630. The van der Waals surface area contributed by atoms with Gasteiger partial charge in [-0.3, -0.25) is 0 Å². The summed E-state index contributed by atoms with van der Waals surface area (Å²) in [5.41, 5.74) is 6.70. The van der Waals surface area contributed by atoms with Crippen LogP contribution in [0.2, 0.25) is 0 Å². The van der Waals surface area contributed by atoms with E-state index in [1.807, 2.05) is 6.07 Å². The van der Waals surface area contributed by atoms with Crippen molar-refractivity contribution in [3.05, 3.63) is 39.8 Å². The van der Waals surface area contributed by atoms with E-state index in [1.54, 1.807) is 18.3 Å². The van der Waals surface area contributed by atoms with E-state index in [4.69, 9.17) is 11.1 Å². The van der Waals surface area contributed by atoms with Crippen molar-refractivity contribution in [1.29, 1.82) is 5.41 Å². The molecule has 3 rings (SSSR count). The number of halogens is 2. The number of fused-ring (bicyclic) bond motifs is 1. The highest BCUT2D eigenvalue weighted by molar-refractivity contribution is 14.1. The number of aromatic nitrogens is 2. The number of amidine groups is 1. The molecule has 3 N–H and O–H groups in total. The molecule has 110 valence electrons. The smallest absolute Gasteiger partial charge is 0.173 e. The number of nitrogens with zero attached hydrogens (tertiary/aromatic N) is 3. The molecule has 0 bridgehead atoms. The second kappa shape index (κ2) is 6.05. The molecule has 0 saturated carbocycles. The fourth-order valence-corrected chi connectivity index (χ4v) is 3.84. The first-order valence-electron chi connectivity index (χ1n) is 6.14. The second-order valence-electron chi connectivity index (χ2n) is 4.28. The normalized spacial score (nSPS) is 11.8. The van der Waals surface area contributed by atoms with E-state index >= 15 is 0 Å². The van der Waals surface area contributed by atoms with Crippen molar-refractivity contribution >= 4 is 62.0 Å². The van der Waals surface area contributed by atoms with Crippen molar-refractivity contribution in [3.63, 3.8) is 0 Å². The van der Waals surface area contributed by atoms with Gasteiger partial charge < -0.3 is 11.1 Å². The van der Waals surface area contributed by atoms with E-state index < -0.39 is 0 Å². The van der Waals surface area contributed by atoms with Crippen LogP contribution in [0, 0.1) is 14.8 Å². The molecule has 0 saturated heterocycles. The molecule has 22 heavy (non-hydrogen) atoms. The van der Waals surface area contributed by atoms with Gasteiger partial charge in [-0.25, -0.2) is 19.4 Å². The monoisotopic (exact) mass is 425 g/mol. The molecular formula is C14H9FIN5S. The first-order chi connectivity index (χ1) is 10.6. The number of thiazole rings is 1. The Balaban J connectivity index is 2.23. The molecule has 0 radical (unpaired) electrons. The maximum atomic E-state index is 14.1. The molecule has 0 unspecified atom stereocenters. The van der Waals surface area contributed by atoms with E-state index in [9.17, 15) is 4.39 Å². The highest BCUT2D eigenvalue weighted by atomic mass is 127. The van der Waals surface area contributed by atoms with Crippen LogP contribution in [0.1, 0.15) is 0 Å². The number of pyridine rings is 1. The number of benzene rings is 1. The summed E-state index contributed by atoms with van der Waals surface area (Å²) in [6.07, 6.45) is 2.51. The Kier molecular flexibility index (Phi) is 4.12. The third-order valence-corrected chi connectivity index (χ3v) is 4.83. The van der Waals surface area contributed by atoms with Crippen LogP contribution >= 0.6 is 33.9 Å². The quantitative estimate of drug-likeness (QED) is 0.381. The molecule has 1 aromatic carbocycles. The topological polar surface area (TPSA) is 88.0 Å². The van der Waals surface area contributed by atoms with Crippen molar-refractivity contribution < 1.29 is 4.39 Å². The predicted molar refractivity (Wildman–Crippen MR) is 95.6 cm³/mol. The van der Waals surface area contributed by atoms with Gasteiger partial charge in [0.2, 0.25) is 0 Å². The summed E-state index contributed by atoms with van der Waals surface area (Å²) >= 11 is 3.38. The van der Waals surface area contributed by atoms with Gasteiger partial charge in [-0.1, -0.05) is 6.07 Å². The average molecular weight is 425 g/mol. The summed E-state index contributed by atoms with van der Waals surface area (Å²) in [4.78, 5) is 12.7. The molecule has 8 heteroatoms. The maximum Gasteiger partial charge on any atom is 0.173 e. The van der Waals surface area contributed by atoms with E-state index in [1.165, 1.54) is 17.4 Å². The fourth-order valence-electron chi connectivity index (χ4n) is 1.89. The third-order valence-electron chi connectivity index (χ3n) is 2.85. The Bertz CT molecular complexity index is 885. The highest BCUT2D eigenvalue weighted by Gasteiger charge is 2.16. The van der Waals surface area contributed by atoms with Gasteiger partial charge in [-0.2, -0.15) is 0 Å². The van der Waals surface area contributed by atoms with Crippen LogP contribution < -0.4 is 5.73 Å². The summed E-state index contributed by atoms with van der Waals surface area (Å²) < 4.78 is 15.6. The van der Waals surface area contributed by atoms with E-state index in [0.717, 1.165) is 9.78 Å². The Hall–Kier alpha value is -1.94. The lowest BCUT2D eigenvalue weighted by Gasteiger charge is -2.01. The number of rotatable bonds is 3. The molecule has 0 spiro atoms. The summed E-state index contributed by atoms with van der Waals surface area (Å²) in [5, 5.41) is 7.66. The number of nitrogens with one attached hydrogen (secondary N) is 1. The SMILES string of the molecule is N=CC(N)=Nc1nccc2nc(-c3c(F)cccc3I)sc12. The van der Waals surface area contributed by atoms with Crippen molar-refractivity contribution in [3.8, 4) is 10.6 Å². The molecule has 0 aliphatic carbocycles. The van der Waals surface area contributed by atoms with Gasteiger partial charge in [0.1, 0.15) is 16.7 Å². The van der Waals surface area contributed by atoms with Crippen LogP contribution in [0.5, 0.6) is 0 Å². The van der Waals surface area contributed by atoms with Gasteiger partial charge >= 0.3 is 0 Å². The Morgan fingerprint density at radius 2 is 2.23 bits per heavy atom. The largest absolute Gasteiger partial charge is 0.382 e. The molecule has 0 aliphatic rings. The molecule has 2 aromatic heterocycles. The van der Waals surface area contributed by atoms with Gasteiger partial charge in [-0.15, -0.1) is 11.3 Å². The number of hydrogen-bond donors (Lipinski definition) is 2. The van der Waals surface area contributed by atoms with Crippen molar-refractivity contribution in [1.82, 2.24) is 9.97 Å². The van der Waals surface area contributed by atoms with Crippen LogP contribution in [0.3, 0.4) is 0 Å². The zero-order valence-corrected chi connectivity index (χ0v) is 14.0. The Morgan fingerprint density at radius 3 is 2.95 bits per heavy atom. The van der Waals surface area contributed by atoms with E-state index in [0.29, 0.717) is 26.6 Å². The van der Waals surface area contributed by atoms with Crippen molar-refractivity contribution in [2.75, 3.05) is 0 Å². The Labute approximate surface area is 142 Å². The van der Waals surface area contributed by atoms with Crippen molar-refractivity contribution in [2.24, 2.45) is 10.7 Å². The molecule has 0 amide bonds. The van der Waals surface area contributed by atoms with Crippen LogP contribution in [-0.4, -0.2) is 22.0 Å². The van der Waals surface area contributed by atoms with Gasteiger partial charge in [0.05, 0.1) is 22.0 Å². The molecular weight excluding hydrogens is 416 g/mol. The minimum atomic E-state index is -0.317. The average Bonchev–Trinajstić information content (AvgIpc) is 2.91. The van der Waals surface area contributed by atoms with Crippen molar-refractivity contribution in [2.45, 2.75) is 0 Å². The molecule has 2 heterocycles.